The van der Waals surface area contributed by atoms with Gasteiger partial charge in [-0.05, 0) is 6.92 Å². The molecule has 0 rings (SSSR count). The maximum atomic E-state index is 7.61. The lowest BCUT2D eigenvalue weighted by molar-refractivity contribution is 0.318. The molecule has 0 heterocycles. The van der Waals surface area contributed by atoms with Crippen molar-refractivity contribution in [2.45, 2.75) is 6.92 Å². The second-order valence-corrected chi connectivity index (χ2v) is 0.741. The van der Waals surface area contributed by atoms with E-state index in [0.717, 1.165) is 0 Å². The summed E-state index contributed by atoms with van der Waals surface area (Å²) in [4.78, 5) is 0. The number of oxime groups is 1. The van der Waals surface area contributed by atoms with Gasteiger partial charge in [0.2, 0.25) is 0 Å². The van der Waals surface area contributed by atoms with Gasteiger partial charge in [-0.15, -0.1) is 37.2 Å². The summed E-state index contributed by atoms with van der Waals surface area (Å²) in [7, 11) is 0. The summed E-state index contributed by atoms with van der Waals surface area (Å²) in [5, 5.41) is 10.2. The number of nitrogens with zero attached hydrogens (tertiary/aromatic N) is 1. The fourth-order valence-corrected chi connectivity index (χ4v) is 0. The van der Waals surface area contributed by atoms with Crippen LogP contribution >= 0.6 is 37.2 Å². The van der Waals surface area contributed by atoms with Gasteiger partial charge >= 0.3 is 0 Å². The van der Waals surface area contributed by atoms with E-state index in [4.69, 9.17) is 10.9 Å². The molecular formula is C2H9Cl3N2O. The van der Waals surface area contributed by atoms with E-state index in [1.165, 1.54) is 6.92 Å². The molecule has 0 aliphatic carbocycles. The molecule has 0 aromatic rings. The molecule has 0 bridgehead atoms. The molecule has 0 amide bonds. The average Bonchev–Trinajstić information content (AvgIpc) is 1.38. The Hall–Kier alpha value is 0.140. The Kier molecular flexibility index (Phi) is 47.5. The number of rotatable bonds is 0. The zero-order chi connectivity index (χ0) is 4.28. The number of amidine groups is 1. The second kappa shape index (κ2) is 15.7. The highest BCUT2D eigenvalue weighted by Crippen LogP contribution is 1.51. The quantitative estimate of drug-likeness (QED) is 0.255. The van der Waals surface area contributed by atoms with Crippen LogP contribution in [0.15, 0.2) is 5.16 Å². The van der Waals surface area contributed by atoms with Gasteiger partial charge in [0, 0.05) is 0 Å². The Bertz CT molecular complexity index is 53.2. The van der Waals surface area contributed by atoms with Crippen LogP contribution in [0.3, 0.4) is 0 Å². The predicted molar refractivity (Wildman–Crippen MR) is 40.8 cm³/mol. The van der Waals surface area contributed by atoms with E-state index in [1.54, 1.807) is 0 Å². The highest BCUT2D eigenvalue weighted by atomic mass is 35.5. The largest absolute Gasteiger partial charge is 0.409 e. The summed E-state index contributed by atoms with van der Waals surface area (Å²) < 4.78 is 0. The van der Waals surface area contributed by atoms with Gasteiger partial charge in [-0.2, -0.15) is 0 Å². The van der Waals surface area contributed by atoms with E-state index in [0.29, 0.717) is 0 Å². The minimum absolute atomic E-state index is 0. The van der Waals surface area contributed by atoms with Gasteiger partial charge in [0.05, 0.1) is 0 Å². The van der Waals surface area contributed by atoms with Gasteiger partial charge in [0.25, 0.3) is 0 Å². The molecule has 0 aromatic carbocycles. The monoisotopic (exact) mass is 182 g/mol. The van der Waals surface area contributed by atoms with Crippen molar-refractivity contribution in [1.29, 1.82) is 0 Å². The van der Waals surface area contributed by atoms with Crippen molar-refractivity contribution in [1.82, 2.24) is 0 Å². The van der Waals surface area contributed by atoms with Crippen molar-refractivity contribution < 1.29 is 5.21 Å². The van der Waals surface area contributed by atoms with Crippen LogP contribution in [-0.2, 0) is 0 Å². The minimum Gasteiger partial charge on any atom is -0.409 e. The molecule has 0 aliphatic heterocycles. The summed E-state index contributed by atoms with van der Waals surface area (Å²) in [6.07, 6.45) is 0. The van der Waals surface area contributed by atoms with Crippen molar-refractivity contribution >= 4 is 43.1 Å². The van der Waals surface area contributed by atoms with Crippen molar-refractivity contribution in [2.24, 2.45) is 10.9 Å². The first-order chi connectivity index (χ1) is 2.27. The summed E-state index contributed by atoms with van der Waals surface area (Å²) >= 11 is 0. The molecule has 0 unspecified atom stereocenters. The molecule has 0 radical (unpaired) electrons. The zero-order valence-electron chi connectivity index (χ0n) is 4.20. The third-order valence-corrected chi connectivity index (χ3v) is 0.158. The van der Waals surface area contributed by atoms with Crippen LogP contribution in [0.4, 0.5) is 0 Å². The Balaban J connectivity index is -0.0000000267. The Morgan fingerprint density at radius 2 is 1.50 bits per heavy atom. The van der Waals surface area contributed by atoms with Crippen molar-refractivity contribution in [3.63, 3.8) is 0 Å². The molecular weight excluding hydrogens is 174 g/mol. The minimum atomic E-state index is 0. The standard InChI is InChI=1S/C2H6N2O.3ClH/c1-2(3)4-5;;;/h5H,1H3,(H2,3,4);3*1H. The van der Waals surface area contributed by atoms with Crippen LogP contribution in [0, 0.1) is 0 Å². The lowest BCUT2D eigenvalue weighted by atomic mass is 10.7. The maximum Gasteiger partial charge on any atom is 0.135 e. The molecule has 8 heavy (non-hydrogen) atoms. The molecule has 0 saturated carbocycles. The highest BCUT2D eigenvalue weighted by Gasteiger charge is 1.64. The molecule has 0 saturated heterocycles. The van der Waals surface area contributed by atoms with Gasteiger partial charge in [-0.3, -0.25) is 0 Å². The number of hydrogen-bond donors (Lipinski definition) is 2. The van der Waals surface area contributed by atoms with Crippen LogP contribution in [0.1, 0.15) is 6.92 Å². The van der Waals surface area contributed by atoms with Crippen LogP contribution in [0.5, 0.6) is 0 Å². The third-order valence-electron chi connectivity index (χ3n) is 0.158. The molecule has 0 atom stereocenters. The summed E-state index contributed by atoms with van der Waals surface area (Å²) in [6.45, 7) is 1.50. The van der Waals surface area contributed by atoms with Gasteiger partial charge in [-0.1, -0.05) is 5.16 Å². The number of nitrogens with two attached hydrogens (primary N) is 1. The Morgan fingerprint density at radius 3 is 1.50 bits per heavy atom. The molecule has 0 aliphatic rings. The van der Waals surface area contributed by atoms with Gasteiger partial charge in [0.15, 0.2) is 0 Å². The molecule has 0 fully saturated rings. The first-order valence-corrected chi connectivity index (χ1v) is 1.21. The summed E-state index contributed by atoms with van der Waals surface area (Å²) in [5.41, 5.74) is 4.79. The molecule has 0 aromatic heterocycles. The molecule has 54 valence electrons. The predicted octanol–water partition coefficient (Wildman–Crippen LogP) is 1.02. The van der Waals surface area contributed by atoms with E-state index < -0.39 is 0 Å². The lowest BCUT2D eigenvalue weighted by Gasteiger charge is -1.73. The van der Waals surface area contributed by atoms with E-state index in [1.807, 2.05) is 0 Å². The van der Waals surface area contributed by atoms with E-state index >= 15 is 0 Å². The van der Waals surface area contributed by atoms with Gasteiger partial charge < -0.3 is 10.9 Å². The first-order valence-electron chi connectivity index (χ1n) is 1.21. The zero-order valence-corrected chi connectivity index (χ0v) is 6.65. The van der Waals surface area contributed by atoms with E-state index in [9.17, 15) is 0 Å². The fourth-order valence-electron chi connectivity index (χ4n) is 0. The van der Waals surface area contributed by atoms with E-state index in [-0.39, 0.29) is 43.1 Å². The smallest absolute Gasteiger partial charge is 0.135 e. The molecule has 0 spiro atoms. The van der Waals surface area contributed by atoms with Crippen LogP contribution in [0.2, 0.25) is 0 Å². The molecule has 6 heteroatoms. The van der Waals surface area contributed by atoms with Crippen LogP contribution in [0.25, 0.3) is 0 Å². The summed E-state index contributed by atoms with van der Waals surface area (Å²) in [5.74, 6) is 0.185. The average molecular weight is 183 g/mol. The van der Waals surface area contributed by atoms with Gasteiger partial charge in [-0.25, -0.2) is 0 Å². The van der Waals surface area contributed by atoms with Crippen molar-refractivity contribution in [3.8, 4) is 0 Å². The van der Waals surface area contributed by atoms with Crippen LogP contribution < -0.4 is 5.73 Å². The molecule has 3 N–H and O–H groups in total. The number of halogens is 3. The third kappa shape index (κ3) is 35.4. The Morgan fingerprint density at radius 1 is 1.38 bits per heavy atom. The molecule has 3 nitrogen and oxygen atoms in total. The SMILES string of the molecule is CC(N)=NO.Cl.Cl.Cl. The first kappa shape index (κ1) is 24.2. The maximum absolute atomic E-state index is 7.61. The summed E-state index contributed by atoms with van der Waals surface area (Å²) in [6, 6.07) is 0. The van der Waals surface area contributed by atoms with E-state index in [2.05, 4.69) is 5.16 Å². The van der Waals surface area contributed by atoms with Gasteiger partial charge in [0.1, 0.15) is 5.84 Å². The highest BCUT2D eigenvalue weighted by molar-refractivity contribution is 5.86. The number of hydrogen-bond acceptors (Lipinski definition) is 2. The Labute approximate surface area is 66.5 Å². The fraction of sp³-hybridized carbons (Fsp3) is 0.500. The second-order valence-electron chi connectivity index (χ2n) is 0.741. The normalized spacial score (nSPS) is 7.38. The van der Waals surface area contributed by atoms with Crippen LogP contribution in [-0.4, -0.2) is 11.0 Å². The van der Waals surface area contributed by atoms with Crippen molar-refractivity contribution in [2.75, 3.05) is 0 Å². The lowest BCUT2D eigenvalue weighted by Crippen LogP contribution is -2.03. The van der Waals surface area contributed by atoms with Crippen molar-refractivity contribution in [3.05, 3.63) is 0 Å². The topological polar surface area (TPSA) is 58.6 Å².